The Morgan fingerprint density at radius 1 is 1.33 bits per heavy atom. The average Bonchev–Trinajstić information content (AvgIpc) is 3.01. The molecule has 2 aliphatic heterocycles. The quantitative estimate of drug-likeness (QED) is 0.867. The van der Waals surface area contributed by atoms with Crippen molar-refractivity contribution in [2.45, 2.75) is 37.2 Å². The molecule has 0 saturated carbocycles. The van der Waals surface area contributed by atoms with Crippen molar-refractivity contribution in [1.82, 2.24) is 5.32 Å². The van der Waals surface area contributed by atoms with E-state index in [0.717, 1.165) is 5.56 Å². The summed E-state index contributed by atoms with van der Waals surface area (Å²) in [6.45, 7) is 0.652. The molecule has 2 N–H and O–H groups in total. The molecule has 0 spiro atoms. The number of carbonyl (C=O) groups excluding carboxylic acids is 1. The Morgan fingerprint density at radius 3 is 2.95 bits per heavy atom. The number of benzene rings is 1. The second kappa shape index (κ2) is 6.32. The van der Waals surface area contributed by atoms with Crippen molar-refractivity contribution in [1.29, 1.82) is 0 Å². The van der Waals surface area contributed by atoms with Crippen molar-refractivity contribution in [3.05, 3.63) is 34.9 Å². The molecule has 1 amide bonds. The third kappa shape index (κ3) is 3.37. The number of carbonyl (C=O) groups is 1. The molecular formula is C15H18ClNO4. The van der Waals surface area contributed by atoms with Crippen LogP contribution in [0.5, 0.6) is 0 Å². The molecule has 2 heterocycles. The zero-order chi connectivity index (χ0) is 14.8. The predicted octanol–water partition coefficient (Wildman–Crippen LogP) is 0.916. The minimum Gasteiger partial charge on any atom is -0.388 e. The number of fused-ring (bicyclic) bond motifs is 1. The van der Waals surface area contributed by atoms with Gasteiger partial charge in [0, 0.05) is 11.4 Å². The molecule has 0 aromatic heterocycles. The van der Waals surface area contributed by atoms with Crippen molar-refractivity contribution in [2.24, 2.45) is 0 Å². The second-order valence-electron chi connectivity index (χ2n) is 5.47. The number of nitrogens with one attached hydrogen (secondary N) is 1. The fourth-order valence-corrected chi connectivity index (χ4v) is 3.04. The van der Waals surface area contributed by atoms with Crippen LogP contribution in [0.2, 0.25) is 5.02 Å². The van der Waals surface area contributed by atoms with Gasteiger partial charge in [-0.2, -0.15) is 0 Å². The first kappa shape index (κ1) is 14.8. The number of rotatable bonds is 4. The highest BCUT2D eigenvalue weighted by molar-refractivity contribution is 6.30. The summed E-state index contributed by atoms with van der Waals surface area (Å²) in [6, 6.07) is 7.31. The Kier molecular flexibility index (Phi) is 4.45. The summed E-state index contributed by atoms with van der Waals surface area (Å²) < 4.78 is 10.9. The van der Waals surface area contributed by atoms with Crippen LogP contribution in [0.4, 0.5) is 0 Å². The van der Waals surface area contributed by atoms with Gasteiger partial charge in [-0.3, -0.25) is 4.79 Å². The van der Waals surface area contributed by atoms with E-state index in [0.29, 0.717) is 24.5 Å². The van der Waals surface area contributed by atoms with Gasteiger partial charge in [0.2, 0.25) is 5.91 Å². The number of amides is 1. The van der Waals surface area contributed by atoms with Gasteiger partial charge < -0.3 is 19.9 Å². The summed E-state index contributed by atoms with van der Waals surface area (Å²) in [5.41, 5.74) is 1.03. The molecule has 2 aliphatic rings. The van der Waals surface area contributed by atoms with Gasteiger partial charge in [-0.05, 0) is 24.1 Å². The maximum absolute atomic E-state index is 12.0. The van der Waals surface area contributed by atoms with Crippen molar-refractivity contribution >= 4 is 17.5 Å². The van der Waals surface area contributed by atoms with Gasteiger partial charge in [0.05, 0.1) is 19.3 Å². The SMILES string of the molecule is O=C(CCc1cccc(Cl)c1)N[C@@H]1CO[C@H]2[C@@H]1OC[C@H]2O. The monoisotopic (exact) mass is 311 g/mol. The Hall–Kier alpha value is -1.14. The fraction of sp³-hybridized carbons (Fsp3) is 0.533. The van der Waals surface area contributed by atoms with E-state index in [1.165, 1.54) is 0 Å². The lowest BCUT2D eigenvalue weighted by molar-refractivity contribution is -0.122. The van der Waals surface area contributed by atoms with Crippen LogP contribution in [-0.2, 0) is 20.7 Å². The second-order valence-corrected chi connectivity index (χ2v) is 5.90. The van der Waals surface area contributed by atoms with Crippen LogP contribution in [0, 0.1) is 0 Å². The summed E-state index contributed by atoms with van der Waals surface area (Å²) in [7, 11) is 0. The Labute approximate surface area is 128 Å². The number of aryl methyl sites for hydroxylation is 1. The predicted molar refractivity (Wildman–Crippen MR) is 77.2 cm³/mol. The molecule has 0 radical (unpaired) electrons. The van der Waals surface area contributed by atoms with E-state index in [2.05, 4.69) is 5.32 Å². The zero-order valence-corrected chi connectivity index (χ0v) is 12.3. The summed E-state index contributed by atoms with van der Waals surface area (Å²) in [6.07, 6.45) is -0.129. The largest absolute Gasteiger partial charge is 0.388 e. The Bertz CT molecular complexity index is 524. The van der Waals surface area contributed by atoms with E-state index in [4.69, 9.17) is 21.1 Å². The lowest BCUT2D eigenvalue weighted by Crippen LogP contribution is -2.44. The summed E-state index contributed by atoms with van der Waals surface area (Å²) >= 11 is 5.91. The van der Waals surface area contributed by atoms with E-state index in [1.807, 2.05) is 24.3 Å². The number of aliphatic hydroxyl groups excluding tert-OH is 1. The van der Waals surface area contributed by atoms with Gasteiger partial charge in [0.25, 0.3) is 0 Å². The number of hydrogen-bond acceptors (Lipinski definition) is 4. The molecule has 2 saturated heterocycles. The minimum absolute atomic E-state index is 0.0470. The standard InChI is InChI=1S/C15H18ClNO4/c16-10-3-1-2-9(6-10)4-5-13(19)17-11-7-20-15-12(18)8-21-14(11)15/h1-3,6,11-12,14-15,18H,4-5,7-8H2,(H,17,19)/t11-,12-,14-,15-/m1/s1. The van der Waals surface area contributed by atoms with Crippen LogP contribution in [-0.4, -0.2) is 48.6 Å². The molecule has 3 rings (SSSR count). The van der Waals surface area contributed by atoms with E-state index in [-0.39, 0.29) is 30.8 Å². The molecule has 6 heteroatoms. The molecule has 114 valence electrons. The van der Waals surface area contributed by atoms with Crippen LogP contribution in [0.15, 0.2) is 24.3 Å². The molecule has 0 aliphatic carbocycles. The number of aliphatic hydroxyl groups is 1. The van der Waals surface area contributed by atoms with E-state index >= 15 is 0 Å². The number of hydrogen-bond donors (Lipinski definition) is 2. The Balaban J connectivity index is 1.49. The molecule has 21 heavy (non-hydrogen) atoms. The van der Waals surface area contributed by atoms with Crippen LogP contribution < -0.4 is 5.32 Å². The third-order valence-corrected chi connectivity index (χ3v) is 4.14. The van der Waals surface area contributed by atoms with Crippen LogP contribution in [0.1, 0.15) is 12.0 Å². The summed E-state index contributed by atoms with van der Waals surface area (Å²) in [5, 5.41) is 13.3. The minimum atomic E-state index is -0.594. The van der Waals surface area contributed by atoms with E-state index in [9.17, 15) is 9.90 Å². The van der Waals surface area contributed by atoms with Crippen LogP contribution in [0.25, 0.3) is 0 Å². The van der Waals surface area contributed by atoms with Crippen molar-refractivity contribution in [3.8, 4) is 0 Å². The molecule has 5 nitrogen and oxygen atoms in total. The first-order valence-corrected chi connectivity index (χ1v) is 7.46. The first-order chi connectivity index (χ1) is 10.1. The highest BCUT2D eigenvalue weighted by Crippen LogP contribution is 2.27. The molecular weight excluding hydrogens is 294 g/mol. The zero-order valence-electron chi connectivity index (χ0n) is 11.5. The summed E-state index contributed by atoms with van der Waals surface area (Å²) in [5.74, 6) is -0.0470. The third-order valence-electron chi connectivity index (χ3n) is 3.90. The van der Waals surface area contributed by atoms with Crippen molar-refractivity contribution in [2.75, 3.05) is 13.2 Å². The van der Waals surface area contributed by atoms with Gasteiger partial charge >= 0.3 is 0 Å². The smallest absolute Gasteiger partial charge is 0.220 e. The van der Waals surface area contributed by atoms with Gasteiger partial charge in [0.1, 0.15) is 18.3 Å². The molecule has 2 fully saturated rings. The van der Waals surface area contributed by atoms with Gasteiger partial charge in [0.15, 0.2) is 0 Å². The maximum atomic E-state index is 12.0. The van der Waals surface area contributed by atoms with Crippen LogP contribution >= 0.6 is 11.6 Å². The molecule has 1 aromatic rings. The van der Waals surface area contributed by atoms with E-state index < -0.39 is 6.10 Å². The van der Waals surface area contributed by atoms with Crippen molar-refractivity contribution < 1.29 is 19.4 Å². The highest BCUT2D eigenvalue weighted by Gasteiger charge is 2.47. The maximum Gasteiger partial charge on any atom is 0.220 e. The topological polar surface area (TPSA) is 67.8 Å². The number of ether oxygens (including phenoxy) is 2. The highest BCUT2D eigenvalue weighted by atomic mass is 35.5. The summed E-state index contributed by atoms with van der Waals surface area (Å²) in [4.78, 5) is 12.0. The van der Waals surface area contributed by atoms with Gasteiger partial charge in [-0.15, -0.1) is 0 Å². The van der Waals surface area contributed by atoms with Crippen molar-refractivity contribution in [3.63, 3.8) is 0 Å². The first-order valence-electron chi connectivity index (χ1n) is 7.08. The lowest BCUT2D eigenvalue weighted by Gasteiger charge is -2.17. The van der Waals surface area contributed by atoms with Crippen LogP contribution in [0.3, 0.4) is 0 Å². The molecule has 0 unspecified atom stereocenters. The average molecular weight is 312 g/mol. The molecule has 4 atom stereocenters. The van der Waals surface area contributed by atoms with Gasteiger partial charge in [-0.25, -0.2) is 0 Å². The Morgan fingerprint density at radius 2 is 2.14 bits per heavy atom. The van der Waals surface area contributed by atoms with Gasteiger partial charge in [-0.1, -0.05) is 23.7 Å². The number of halogens is 1. The fourth-order valence-electron chi connectivity index (χ4n) is 2.83. The molecule has 0 bridgehead atoms. The van der Waals surface area contributed by atoms with E-state index in [1.54, 1.807) is 0 Å². The lowest BCUT2D eigenvalue weighted by atomic mass is 10.1. The molecule has 1 aromatic carbocycles. The normalized spacial score (nSPS) is 31.1.